The van der Waals surface area contributed by atoms with Gasteiger partial charge in [-0.2, -0.15) is 5.10 Å². The van der Waals surface area contributed by atoms with Crippen molar-refractivity contribution in [2.24, 2.45) is 0 Å². The van der Waals surface area contributed by atoms with Gasteiger partial charge in [-0.1, -0.05) is 6.07 Å². The Hall–Kier alpha value is -2.47. The van der Waals surface area contributed by atoms with Crippen LogP contribution in [0.15, 0.2) is 30.7 Å². The van der Waals surface area contributed by atoms with Crippen molar-refractivity contribution < 1.29 is 0 Å². The fourth-order valence-electron chi connectivity index (χ4n) is 3.17. The Morgan fingerprint density at radius 2 is 2.04 bits per heavy atom. The summed E-state index contributed by atoms with van der Waals surface area (Å²) in [6, 6.07) is 4.15. The van der Waals surface area contributed by atoms with E-state index in [1.54, 1.807) is 0 Å². The molecule has 1 aliphatic heterocycles. The number of fused-ring (bicyclic) bond motifs is 1. The van der Waals surface area contributed by atoms with E-state index in [1.165, 1.54) is 5.56 Å². The van der Waals surface area contributed by atoms with Crippen molar-refractivity contribution in [1.82, 2.24) is 25.5 Å². The molecule has 0 unspecified atom stereocenters. The second kappa shape index (κ2) is 5.96. The quantitative estimate of drug-likeness (QED) is 0.759. The lowest BCUT2D eigenvalue weighted by Gasteiger charge is -2.21. The number of nitrogens with one attached hydrogen (secondary N) is 2. The normalized spacial score (nSPS) is 15.8. The summed E-state index contributed by atoms with van der Waals surface area (Å²) >= 11 is 0. The van der Waals surface area contributed by atoms with Gasteiger partial charge in [0.1, 0.15) is 5.82 Å². The number of benzene rings is 1. The molecule has 6 heteroatoms. The van der Waals surface area contributed by atoms with Gasteiger partial charge in [0.25, 0.3) is 0 Å². The molecular formula is C17H20N6. The molecule has 6 nitrogen and oxygen atoms in total. The lowest BCUT2D eigenvalue weighted by atomic mass is 10.0. The summed E-state index contributed by atoms with van der Waals surface area (Å²) in [5.74, 6) is 0.950. The molecule has 2 N–H and O–H groups in total. The second-order valence-electron chi connectivity index (χ2n) is 5.94. The summed E-state index contributed by atoms with van der Waals surface area (Å²) < 4.78 is 0. The Labute approximate surface area is 135 Å². The average molecular weight is 308 g/mol. The highest BCUT2D eigenvalue weighted by Crippen LogP contribution is 2.30. The lowest BCUT2D eigenvalue weighted by Crippen LogP contribution is -2.28. The number of aromatic amines is 1. The second-order valence-corrected chi connectivity index (χ2v) is 5.94. The van der Waals surface area contributed by atoms with Crippen LogP contribution in [0.2, 0.25) is 0 Å². The molecule has 3 heterocycles. The van der Waals surface area contributed by atoms with Gasteiger partial charge in [0.15, 0.2) is 0 Å². The molecule has 4 rings (SSSR count). The predicted octanol–water partition coefficient (Wildman–Crippen LogP) is 2.13. The van der Waals surface area contributed by atoms with Crippen molar-refractivity contribution in [1.29, 1.82) is 0 Å². The fraction of sp³-hybridized carbons (Fsp3) is 0.353. The molecule has 1 saturated heterocycles. The molecule has 0 bridgehead atoms. The average Bonchev–Trinajstić information content (AvgIpc) is 2.88. The van der Waals surface area contributed by atoms with Gasteiger partial charge in [-0.3, -0.25) is 10.1 Å². The third-order valence-electron chi connectivity index (χ3n) is 4.37. The van der Waals surface area contributed by atoms with Gasteiger partial charge in [0.05, 0.1) is 29.8 Å². The topological polar surface area (TPSA) is 69.7 Å². The molecule has 118 valence electrons. The fourth-order valence-corrected chi connectivity index (χ4v) is 3.17. The number of aryl methyl sites for hydroxylation is 1. The van der Waals surface area contributed by atoms with E-state index < -0.39 is 0 Å². The number of anilines is 1. The van der Waals surface area contributed by atoms with Gasteiger partial charge >= 0.3 is 0 Å². The summed E-state index contributed by atoms with van der Waals surface area (Å²) in [5.41, 5.74) is 4.22. The maximum atomic E-state index is 4.89. The van der Waals surface area contributed by atoms with Crippen LogP contribution >= 0.6 is 0 Å². The zero-order valence-electron chi connectivity index (χ0n) is 13.2. The zero-order valence-corrected chi connectivity index (χ0v) is 13.2. The maximum absolute atomic E-state index is 4.89. The van der Waals surface area contributed by atoms with Crippen molar-refractivity contribution >= 4 is 16.7 Å². The van der Waals surface area contributed by atoms with E-state index in [-0.39, 0.29) is 0 Å². The van der Waals surface area contributed by atoms with Gasteiger partial charge in [-0.05, 0) is 31.5 Å². The first kappa shape index (κ1) is 14.1. The maximum Gasteiger partial charge on any atom is 0.147 e. The van der Waals surface area contributed by atoms with Gasteiger partial charge in [0, 0.05) is 30.6 Å². The standard InChI is InChI=1S/C17H20N6/c1-12-3-4-14-13(9-20-22-14)17(12)15-10-19-11-16(21-15)23-7-2-5-18-6-8-23/h3-4,9-11,18H,2,5-8H2,1H3,(H,20,22). The van der Waals surface area contributed by atoms with Crippen molar-refractivity contribution in [2.45, 2.75) is 13.3 Å². The summed E-state index contributed by atoms with van der Waals surface area (Å²) in [5, 5.41) is 11.7. The molecule has 0 aliphatic carbocycles. The molecule has 1 aromatic carbocycles. The summed E-state index contributed by atoms with van der Waals surface area (Å²) in [6.07, 6.45) is 6.69. The third-order valence-corrected chi connectivity index (χ3v) is 4.37. The molecule has 0 radical (unpaired) electrons. The summed E-state index contributed by atoms with van der Waals surface area (Å²) in [7, 11) is 0. The number of hydrogen-bond donors (Lipinski definition) is 2. The van der Waals surface area contributed by atoms with Crippen LogP contribution < -0.4 is 10.2 Å². The molecule has 0 saturated carbocycles. The lowest BCUT2D eigenvalue weighted by molar-refractivity contribution is 0.724. The first-order chi connectivity index (χ1) is 11.3. The predicted molar refractivity (Wildman–Crippen MR) is 91.6 cm³/mol. The molecule has 0 atom stereocenters. The Balaban J connectivity index is 1.78. The van der Waals surface area contributed by atoms with E-state index in [1.807, 2.05) is 18.6 Å². The molecule has 0 spiro atoms. The van der Waals surface area contributed by atoms with E-state index in [4.69, 9.17) is 4.98 Å². The van der Waals surface area contributed by atoms with E-state index in [0.717, 1.165) is 60.6 Å². The van der Waals surface area contributed by atoms with Crippen LogP contribution in [0.1, 0.15) is 12.0 Å². The molecule has 2 aromatic heterocycles. The van der Waals surface area contributed by atoms with Gasteiger partial charge in [0.2, 0.25) is 0 Å². The van der Waals surface area contributed by atoms with Crippen molar-refractivity contribution in [2.75, 3.05) is 31.1 Å². The van der Waals surface area contributed by atoms with E-state index in [0.29, 0.717) is 0 Å². The molecule has 3 aromatic rings. The molecular weight excluding hydrogens is 288 g/mol. The Bertz CT molecular complexity index is 817. The number of H-pyrrole nitrogens is 1. The van der Waals surface area contributed by atoms with Crippen LogP contribution in [-0.2, 0) is 0 Å². The number of rotatable bonds is 2. The minimum atomic E-state index is 0.907. The van der Waals surface area contributed by atoms with Crippen LogP contribution in [0.5, 0.6) is 0 Å². The summed E-state index contributed by atoms with van der Waals surface area (Å²) in [6.45, 7) is 6.14. The SMILES string of the molecule is Cc1ccc2[nH]ncc2c1-c1cncc(N2CCCNCC2)n1. The Morgan fingerprint density at radius 1 is 1.09 bits per heavy atom. The third kappa shape index (κ3) is 2.66. The zero-order chi connectivity index (χ0) is 15.6. The highest BCUT2D eigenvalue weighted by molar-refractivity contribution is 5.95. The van der Waals surface area contributed by atoms with E-state index in [9.17, 15) is 0 Å². The van der Waals surface area contributed by atoms with Crippen LogP contribution in [0.4, 0.5) is 5.82 Å². The van der Waals surface area contributed by atoms with Gasteiger partial charge in [-0.25, -0.2) is 4.98 Å². The van der Waals surface area contributed by atoms with Crippen LogP contribution in [0.3, 0.4) is 0 Å². The van der Waals surface area contributed by atoms with Gasteiger partial charge < -0.3 is 10.2 Å². The minimum absolute atomic E-state index is 0.907. The Morgan fingerprint density at radius 3 is 3.00 bits per heavy atom. The molecule has 1 fully saturated rings. The van der Waals surface area contributed by atoms with Crippen molar-refractivity contribution in [3.8, 4) is 11.3 Å². The largest absolute Gasteiger partial charge is 0.354 e. The molecule has 0 amide bonds. The van der Waals surface area contributed by atoms with Gasteiger partial charge in [-0.15, -0.1) is 0 Å². The van der Waals surface area contributed by atoms with Crippen molar-refractivity contribution in [3.63, 3.8) is 0 Å². The first-order valence-electron chi connectivity index (χ1n) is 8.04. The van der Waals surface area contributed by atoms with Crippen LogP contribution in [-0.4, -0.2) is 46.3 Å². The van der Waals surface area contributed by atoms with Crippen LogP contribution in [0, 0.1) is 6.92 Å². The van der Waals surface area contributed by atoms with E-state index >= 15 is 0 Å². The smallest absolute Gasteiger partial charge is 0.147 e. The van der Waals surface area contributed by atoms with Crippen molar-refractivity contribution in [3.05, 3.63) is 36.3 Å². The minimum Gasteiger partial charge on any atom is -0.354 e. The Kier molecular flexibility index (Phi) is 3.67. The summed E-state index contributed by atoms with van der Waals surface area (Å²) in [4.78, 5) is 11.6. The van der Waals surface area contributed by atoms with E-state index in [2.05, 4.69) is 44.5 Å². The number of aromatic nitrogens is 4. The highest BCUT2D eigenvalue weighted by Gasteiger charge is 2.15. The number of nitrogens with zero attached hydrogens (tertiary/aromatic N) is 4. The number of hydrogen-bond acceptors (Lipinski definition) is 5. The van der Waals surface area contributed by atoms with Crippen LogP contribution in [0.25, 0.3) is 22.2 Å². The molecule has 23 heavy (non-hydrogen) atoms. The highest BCUT2D eigenvalue weighted by atomic mass is 15.2. The molecule has 1 aliphatic rings. The first-order valence-corrected chi connectivity index (χ1v) is 8.04. The monoisotopic (exact) mass is 308 g/mol.